The second-order valence-corrected chi connectivity index (χ2v) is 5.39. The molecule has 0 spiro atoms. The second-order valence-electron chi connectivity index (χ2n) is 5.39. The van der Waals surface area contributed by atoms with Crippen LogP contribution in [0.1, 0.15) is 27.6 Å². The van der Waals surface area contributed by atoms with Gasteiger partial charge in [-0.2, -0.15) is 5.10 Å². The Morgan fingerprint density at radius 1 is 1.15 bits per heavy atom. The molecule has 0 aliphatic carbocycles. The monoisotopic (exact) mass is 351 g/mol. The van der Waals surface area contributed by atoms with E-state index in [1.54, 1.807) is 47.4 Å². The Morgan fingerprint density at radius 3 is 2.58 bits per heavy atom. The number of carbonyl (C=O) groups is 1. The largest absolute Gasteiger partial charge is 0.493 e. The average Bonchev–Trinajstić information content (AvgIpc) is 2.99. The summed E-state index contributed by atoms with van der Waals surface area (Å²) in [5.74, 6) is 1.60. The Balaban J connectivity index is 1.81. The highest BCUT2D eigenvalue weighted by atomic mass is 16.6. The Bertz CT molecular complexity index is 931. The van der Waals surface area contributed by atoms with E-state index in [1.807, 2.05) is 13.8 Å². The minimum absolute atomic E-state index is 0.315. The SMILES string of the molecule is COc1cc(C=Nn2c(C)nnc2C)ccc1OC(=O)c1cccnc1. The number of hydrogen-bond donors (Lipinski definition) is 0. The molecule has 0 saturated heterocycles. The molecule has 3 rings (SSSR count). The molecule has 0 fully saturated rings. The fourth-order valence-corrected chi connectivity index (χ4v) is 2.25. The first-order valence-corrected chi connectivity index (χ1v) is 7.81. The number of aromatic nitrogens is 4. The molecule has 8 heteroatoms. The van der Waals surface area contributed by atoms with Crippen LogP contribution in [-0.2, 0) is 0 Å². The number of aryl methyl sites for hydroxylation is 2. The van der Waals surface area contributed by atoms with Gasteiger partial charge in [0, 0.05) is 12.4 Å². The lowest BCUT2D eigenvalue weighted by molar-refractivity contribution is 0.0729. The lowest BCUT2D eigenvalue weighted by atomic mass is 10.2. The Hall–Kier alpha value is -3.55. The van der Waals surface area contributed by atoms with Gasteiger partial charge >= 0.3 is 5.97 Å². The maximum atomic E-state index is 12.2. The first kappa shape index (κ1) is 17.3. The highest BCUT2D eigenvalue weighted by Gasteiger charge is 2.13. The van der Waals surface area contributed by atoms with Gasteiger partial charge in [-0.05, 0) is 49.7 Å². The van der Waals surface area contributed by atoms with Gasteiger partial charge in [-0.1, -0.05) is 0 Å². The molecule has 0 aliphatic heterocycles. The zero-order chi connectivity index (χ0) is 18.5. The van der Waals surface area contributed by atoms with E-state index >= 15 is 0 Å². The Labute approximate surface area is 150 Å². The summed E-state index contributed by atoms with van der Waals surface area (Å²) in [6.07, 6.45) is 4.68. The predicted molar refractivity (Wildman–Crippen MR) is 94.7 cm³/mol. The maximum absolute atomic E-state index is 12.2. The minimum atomic E-state index is -0.506. The van der Waals surface area contributed by atoms with Crippen molar-refractivity contribution < 1.29 is 14.3 Å². The van der Waals surface area contributed by atoms with E-state index in [4.69, 9.17) is 9.47 Å². The third-order valence-corrected chi connectivity index (χ3v) is 3.56. The van der Waals surface area contributed by atoms with Crippen LogP contribution in [0.15, 0.2) is 47.8 Å². The standard InChI is InChI=1S/C18H17N5O3/c1-12-21-22-13(2)23(12)20-10-14-6-7-16(17(9-14)25-3)26-18(24)15-5-4-8-19-11-15/h4-11H,1-3H3. The zero-order valence-electron chi connectivity index (χ0n) is 14.6. The van der Waals surface area contributed by atoms with Crippen LogP contribution < -0.4 is 9.47 Å². The van der Waals surface area contributed by atoms with Gasteiger partial charge in [0.15, 0.2) is 23.1 Å². The number of rotatable bonds is 5. The lowest BCUT2D eigenvalue weighted by Gasteiger charge is -2.09. The molecule has 0 N–H and O–H groups in total. The predicted octanol–water partition coefficient (Wildman–Crippen LogP) is 2.40. The van der Waals surface area contributed by atoms with Crippen molar-refractivity contribution in [2.24, 2.45) is 5.10 Å². The van der Waals surface area contributed by atoms with Gasteiger partial charge in [-0.15, -0.1) is 10.2 Å². The molecule has 0 radical (unpaired) electrons. The number of benzene rings is 1. The van der Waals surface area contributed by atoms with E-state index < -0.39 is 5.97 Å². The molecule has 3 aromatic rings. The first-order chi connectivity index (χ1) is 12.6. The van der Waals surface area contributed by atoms with Gasteiger partial charge < -0.3 is 9.47 Å². The molecule has 0 unspecified atom stereocenters. The number of pyridine rings is 1. The molecule has 0 atom stereocenters. The van der Waals surface area contributed by atoms with Crippen LogP contribution in [-0.4, -0.2) is 39.2 Å². The number of esters is 1. The van der Waals surface area contributed by atoms with E-state index in [-0.39, 0.29) is 0 Å². The van der Waals surface area contributed by atoms with Crippen molar-refractivity contribution in [2.75, 3.05) is 7.11 Å². The number of ether oxygens (including phenoxy) is 2. The molecule has 26 heavy (non-hydrogen) atoms. The van der Waals surface area contributed by atoms with Crippen molar-refractivity contribution in [3.05, 3.63) is 65.5 Å². The lowest BCUT2D eigenvalue weighted by Crippen LogP contribution is -2.09. The molecule has 132 valence electrons. The zero-order valence-corrected chi connectivity index (χ0v) is 14.6. The summed E-state index contributed by atoms with van der Waals surface area (Å²) >= 11 is 0. The summed E-state index contributed by atoms with van der Waals surface area (Å²) in [5.41, 5.74) is 1.13. The Kier molecular flexibility index (Phi) is 5.02. The number of nitrogens with zero attached hydrogens (tertiary/aromatic N) is 5. The highest BCUT2D eigenvalue weighted by Crippen LogP contribution is 2.28. The molecular formula is C18H17N5O3. The summed E-state index contributed by atoms with van der Waals surface area (Å²) in [6.45, 7) is 3.64. The molecule has 8 nitrogen and oxygen atoms in total. The topological polar surface area (TPSA) is 91.5 Å². The molecule has 0 aliphatic rings. The Morgan fingerprint density at radius 2 is 1.92 bits per heavy atom. The third kappa shape index (κ3) is 3.75. The van der Waals surface area contributed by atoms with Gasteiger partial charge in [0.1, 0.15) is 0 Å². The molecule has 2 heterocycles. The van der Waals surface area contributed by atoms with Crippen LogP contribution in [0.4, 0.5) is 0 Å². The average molecular weight is 351 g/mol. The number of hydrogen-bond acceptors (Lipinski definition) is 7. The summed E-state index contributed by atoms with van der Waals surface area (Å²) in [4.78, 5) is 16.1. The first-order valence-electron chi connectivity index (χ1n) is 7.81. The van der Waals surface area contributed by atoms with Crippen molar-refractivity contribution in [2.45, 2.75) is 13.8 Å². The van der Waals surface area contributed by atoms with Crippen molar-refractivity contribution in [1.82, 2.24) is 19.9 Å². The highest BCUT2D eigenvalue weighted by molar-refractivity contribution is 5.91. The van der Waals surface area contributed by atoms with E-state index in [0.29, 0.717) is 28.7 Å². The quantitative estimate of drug-likeness (QED) is 0.398. The fraction of sp³-hybridized carbons (Fsp3) is 0.167. The van der Waals surface area contributed by atoms with Crippen molar-refractivity contribution in [3.63, 3.8) is 0 Å². The smallest absolute Gasteiger partial charge is 0.345 e. The van der Waals surface area contributed by atoms with Crippen molar-refractivity contribution in [1.29, 1.82) is 0 Å². The van der Waals surface area contributed by atoms with E-state index in [9.17, 15) is 4.79 Å². The van der Waals surface area contributed by atoms with Crippen LogP contribution in [0.25, 0.3) is 0 Å². The van der Waals surface area contributed by atoms with Crippen LogP contribution in [0.3, 0.4) is 0 Å². The van der Waals surface area contributed by atoms with E-state index in [0.717, 1.165) is 5.56 Å². The number of methoxy groups -OCH3 is 1. The van der Waals surface area contributed by atoms with Gasteiger partial charge in [-0.3, -0.25) is 4.98 Å². The summed E-state index contributed by atoms with van der Waals surface area (Å²) in [7, 11) is 1.51. The van der Waals surface area contributed by atoms with Crippen LogP contribution in [0.2, 0.25) is 0 Å². The van der Waals surface area contributed by atoms with Crippen LogP contribution in [0.5, 0.6) is 11.5 Å². The molecule has 0 saturated carbocycles. The molecule has 0 amide bonds. The number of carbonyl (C=O) groups excluding carboxylic acids is 1. The molecule has 1 aromatic carbocycles. The maximum Gasteiger partial charge on any atom is 0.345 e. The van der Waals surface area contributed by atoms with E-state index in [2.05, 4.69) is 20.3 Å². The van der Waals surface area contributed by atoms with Gasteiger partial charge in [-0.25, -0.2) is 9.47 Å². The second kappa shape index (κ2) is 7.56. The normalized spacial score (nSPS) is 10.9. The fourth-order valence-electron chi connectivity index (χ4n) is 2.25. The molecular weight excluding hydrogens is 334 g/mol. The van der Waals surface area contributed by atoms with Gasteiger partial charge in [0.05, 0.1) is 18.9 Å². The van der Waals surface area contributed by atoms with Crippen LogP contribution in [0, 0.1) is 13.8 Å². The molecule has 0 bridgehead atoms. The van der Waals surface area contributed by atoms with Gasteiger partial charge in [0.25, 0.3) is 0 Å². The molecule has 2 aromatic heterocycles. The summed E-state index contributed by atoms with van der Waals surface area (Å²) in [6, 6.07) is 8.45. The van der Waals surface area contributed by atoms with E-state index in [1.165, 1.54) is 13.3 Å². The minimum Gasteiger partial charge on any atom is -0.493 e. The van der Waals surface area contributed by atoms with Crippen LogP contribution >= 0.6 is 0 Å². The van der Waals surface area contributed by atoms with Crippen molar-refractivity contribution in [3.8, 4) is 11.5 Å². The summed E-state index contributed by atoms with van der Waals surface area (Å²) < 4.78 is 12.3. The van der Waals surface area contributed by atoms with Crippen molar-refractivity contribution >= 4 is 12.2 Å². The summed E-state index contributed by atoms with van der Waals surface area (Å²) in [5, 5.41) is 12.2. The third-order valence-electron chi connectivity index (χ3n) is 3.56. The van der Waals surface area contributed by atoms with Gasteiger partial charge in [0.2, 0.25) is 0 Å².